The molecule has 2 nitrogen and oxygen atoms in total. The molecule has 94 valence electrons. The molecule has 1 atom stereocenters. The molecule has 0 aliphatic heterocycles. The summed E-state index contributed by atoms with van der Waals surface area (Å²) in [6, 6.07) is 8.52. The Labute approximate surface area is 112 Å². The van der Waals surface area contributed by atoms with E-state index in [1.807, 2.05) is 6.92 Å². The maximum absolute atomic E-state index is 6.39. The van der Waals surface area contributed by atoms with Crippen LogP contribution in [0.5, 0.6) is 0 Å². The minimum atomic E-state index is -0.0771. The highest BCUT2D eigenvalue weighted by atomic mass is 32.1. The average molecular weight is 258 g/mol. The van der Waals surface area contributed by atoms with Gasteiger partial charge in [0.05, 0.1) is 16.7 Å². The first-order valence-electron chi connectivity index (χ1n) is 6.52. The molecule has 3 rings (SSSR count). The molecule has 18 heavy (non-hydrogen) atoms. The largest absolute Gasteiger partial charge is 0.319 e. The minimum absolute atomic E-state index is 0.0771. The van der Waals surface area contributed by atoms with Crippen molar-refractivity contribution in [1.82, 2.24) is 4.98 Å². The van der Waals surface area contributed by atoms with Crippen LogP contribution in [0.2, 0.25) is 0 Å². The summed E-state index contributed by atoms with van der Waals surface area (Å²) < 4.78 is 0. The molecule has 1 unspecified atom stereocenters. The Morgan fingerprint density at radius 1 is 1.33 bits per heavy atom. The van der Waals surface area contributed by atoms with Gasteiger partial charge in [-0.1, -0.05) is 30.7 Å². The first kappa shape index (κ1) is 11.9. The van der Waals surface area contributed by atoms with E-state index in [9.17, 15) is 0 Å². The van der Waals surface area contributed by atoms with Crippen LogP contribution in [-0.2, 0) is 0 Å². The van der Waals surface area contributed by atoms with E-state index >= 15 is 0 Å². The standard InChI is InChI=1S/C15H18N2S/c1-10-17-14(9-18-10)15(16)13-8-3-2-7-12(13)11-5-4-6-11/h2-3,7-9,11,15H,4-6,16H2,1H3. The van der Waals surface area contributed by atoms with E-state index < -0.39 is 0 Å². The second-order valence-electron chi connectivity index (χ2n) is 5.03. The fourth-order valence-electron chi connectivity index (χ4n) is 2.57. The zero-order valence-electron chi connectivity index (χ0n) is 10.6. The van der Waals surface area contributed by atoms with Crippen LogP contribution >= 0.6 is 11.3 Å². The van der Waals surface area contributed by atoms with Crippen molar-refractivity contribution in [1.29, 1.82) is 0 Å². The summed E-state index contributed by atoms with van der Waals surface area (Å²) in [6.45, 7) is 2.03. The average Bonchev–Trinajstić information content (AvgIpc) is 2.74. The molecule has 0 saturated heterocycles. The molecule has 1 aliphatic rings. The van der Waals surface area contributed by atoms with Crippen LogP contribution in [0.15, 0.2) is 29.6 Å². The van der Waals surface area contributed by atoms with Gasteiger partial charge in [-0.3, -0.25) is 0 Å². The fraction of sp³-hybridized carbons (Fsp3) is 0.400. The van der Waals surface area contributed by atoms with Crippen LogP contribution in [0.25, 0.3) is 0 Å². The van der Waals surface area contributed by atoms with E-state index in [0.29, 0.717) is 5.92 Å². The van der Waals surface area contributed by atoms with Gasteiger partial charge in [0.25, 0.3) is 0 Å². The second-order valence-corrected chi connectivity index (χ2v) is 6.09. The lowest BCUT2D eigenvalue weighted by Crippen LogP contribution is -2.18. The van der Waals surface area contributed by atoms with Crippen LogP contribution < -0.4 is 5.73 Å². The topological polar surface area (TPSA) is 38.9 Å². The second kappa shape index (κ2) is 4.82. The third-order valence-corrected chi connectivity index (χ3v) is 4.62. The molecule has 3 heteroatoms. The van der Waals surface area contributed by atoms with Gasteiger partial charge in [0.2, 0.25) is 0 Å². The number of aromatic nitrogens is 1. The van der Waals surface area contributed by atoms with E-state index in [1.165, 1.54) is 30.4 Å². The summed E-state index contributed by atoms with van der Waals surface area (Å²) in [5, 5.41) is 3.17. The maximum atomic E-state index is 6.39. The Hall–Kier alpha value is -1.19. The molecule has 0 spiro atoms. The van der Waals surface area contributed by atoms with Gasteiger partial charge in [0.15, 0.2) is 0 Å². The number of benzene rings is 1. The molecule has 1 aliphatic carbocycles. The molecule has 0 radical (unpaired) electrons. The summed E-state index contributed by atoms with van der Waals surface area (Å²) in [6.07, 6.45) is 3.96. The van der Waals surface area contributed by atoms with E-state index in [1.54, 1.807) is 11.3 Å². The Morgan fingerprint density at radius 2 is 2.11 bits per heavy atom. The summed E-state index contributed by atoms with van der Waals surface area (Å²) in [5.41, 5.74) is 10.1. The van der Waals surface area contributed by atoms with Crippen LogP contribution in [0, 0.1) is 6.92 Å². The quantitative estimate of drug-likeness (QED) is 0.910. The molecule has 2 aromatic rings. The SMILES string of the molecule is Cc1nc(C(N)c2ccccc2C2CCC2)cs1. The highest BCUT2D eigenvalue weighted by Crippen LogP contribution is 2.40. The van der Waals surface area contributed by atoms with Crippen molar-refractivity contribution in [2.75, 3.05) is 0 Å². The maximum Gasteiger partial charge on any atom is 0.0898 e. The number of hydrogen-bond donors (Lipinski definition) is 1. The molecule has 0 bridgehead atoms. The minimum Gasteiger partial charge on any atom is -0.319 e. The number of rotatable bonds is 3. The number of nitrogens with two attached hydrogens (primary N) is 1. The van der Waals surface area contributed by atoms with Gasteiger partial charge in [-0.25, -0.2) is 4.98 Å². The van der Waals surface area contributed by atoms with Gasteiger partial charge < -0.3 is 5.73 Å². The van der Waals surface area contributed by atoms with Crippen LogP contribution in [0.1, 0.15) is 53.1 Å². The number of thiazole rings is 1. The third-order valence-electron chi connectivity index (χ3n) is 3.83. The molecule has 2 N–H and O–H groups in total. The van der Waals surface area contributed by atoms with Crippen molar-refractivity contribution >= 4 is 11.3 Å². The van der Waals surface area contributed by atoms with Gasteiger partial charge in [-0.2, -0.15) is 0 Å². The van der Waals surface area contributed by atoms with Crippen LogP contribution in [0.4, 0.5) is 0 Å². The lowest BCUT2D eigenvalue weighted by molar-refractivity contribution is 0.416. The Morgan fingerprint density at radius 3 is 2.72 bits per heavy atom. The Kier molecular flexibility index (Phi) is 3.18. The molecular weight excluding hydrogens is 240 g/mol. The highest BCUT2D eigenvalue weighted by Gasteiger charge is 2.24. The van der Waals surface area contributed by atoms with E-state index in [0.717, 1.165) is 10.7 Å². The lowest BCUT2D eigenvalue weighted by Gasteiger charge is -2.29. The number of nitrogens with zero attached hydrogens (tertiary/aromatic N) is 1. The van der Waals surface area contributed by atoms with Crippen molar-refractivity contribution in [3.8, 4) is 0 Å². The molecule has 1 aromatic heterocycles. The van der Waals surface area contributed by atoms with Gasteiger partial charge >= 0.3 is 0 Å². The fourth-order valence-corrected chi connectivity index (χ4v) is 3.22. The first-order chi connectivity index (χ1) is 8.75. The van der Waals surface area contributed by atoms with E-state index in [2.05, 4.69) is 34.6 Å². The molecule has 0 amide bonds. The van der Waals surface area contributed by atoms with Crippen LogP contribution in [-0.4, -0.2) is 4.98 Å². The summed E-state index contributed by atoms with van der Waals surface area (Å²) in [5.74, 6) is 0.715. The number of hydrogen-bond acceptors (Lipinski definition) is 3. The predicted octanol–water partition coefficient (Wildman–Crippen LogP) is 3.77. The van der Waals surface area contributed by atoms with E-state index in [4.69, 9.17) is 5.73 Å². The van der Waals surface area contributed by atoms with Crippen molar-refractivity contribution in [2.45, 2.75) is 38.1 Å². The summed E-state index contributed by atoms with van der Waals surface area (Å²) >= 11 is 1.67. The molecule has 1 saturated carbocycles. The number of aryl methyl sites for hydroxylation is 1. The van der Waals surface area contributed by atoms with Gasteiger partial charge in [-0.05, 0) is 36.8 Å². The van der Waals surface area contributed by atoms with Gasteiger partial charge in [-0.15, -0.1) is 11.3 Å². The predicted molar refractivity (Wildman–Crippen MR) is 75.9 cm³/mol. The van der Waals surface area contributed by atoms with Gasteiger partial charge in [0.1, 0.15) is 0 Å². The Bertz CT molecular complexity index is 543. The first-order valence-corrected chi connectivity index (χ1v) is 7.40. The van der Waals surface area contributed by atoms with Crippen LogP contribution in [0.3, 0.4) is 0 Å². The lowest BCUT2D eigenvalue weighted by atomic mass is 9.77. The van der Waals surface area contributed by atoms with Gasteiger partial charge in [0, 0.05) is 5.38 Å². The highest BCUT2D eigenvalue weighted by molar-refractivity contribution is 7.09. The summed E-state index contributed by atoms with van der Waals surface area (Å²) in [7, 11) is 0. The zero-order valence-corrected chi connectivity index (χ0v) is 11.4. The van der Waals surface area contributed by atoms with E-state index in [-0.39, 0.29) is 6.04 Å². The summed E-state index contributed by atoms with van der Waals surface area (Å²) in [4.78, 5) is 4.52. The monoisotopic (exact) mass is 258 g/mol. The molecule has 1 aromatic carbocycles. The smallest absolute Gasteiger partial charge is 0.0898 e. The molecule has 1 fully saturated rings. The van der Waals surface area contributed by atoms with Crippen molar-refractivity contribution in [3.63, 3.8) is 0 Å². The normalized spacial score (nSPS) is 17.4. The van der Waals surface area contributed by atoms with Crippen molar-refractivity contribution < 1.29 is 0 Å². The molecule has 1 heterocycles. The Balaban J connectivity index is 1.95. The third kappa shape index (κ3) is 2.08. The van der Waals surface area contributed by atoms with Crippen molar-refractivity contribution in [2.24, 2.45) is 5.73 Å². The van der Waals surface area contributed by atoms with Crippen molar-refractivity contribution in [3.05, 3.63) is 51.5 Å². The zero-order chi connectivity index (χ0) is 12.5. The molecular formula is C15H18N2S.